The molecule has 0 radical (unpaired) electrons. The molecule has 0 bridgehead atoms. The molecule has 104 valence electrons. The minimum absolute atomic E-state index is 0.545. The number of nitriles is 1. The number of hydrogen-bond donors (Lipinski definition) is 1. The van der Waals surface area contributed by atoms with Crippen LogP contribution in [0.5, 0.6) is 0 Å². The van der Waals surface area contributed by atoms with Crippen molar-refractivity contribution < 1.29 is 0 Å². The van der Waals surface area contributed by atoms with Gasteiger partial charge in [0.2, 0.25) is 0 Å². The largest absolute Gasteiger partial charge is 0.296 e. The number of nitrogens with one attached hydrogen (secondary N) is 1. The second kappa shape index (κ2) is 8.24. The summed E-state index contributed by atoms with van der Waals surface area (Å²) in [5, 5.41) is 13.7. The van der Waals surface area contributed by atoms with Gasteiger partial charge in [-0.25, -0.2) is 0 Å². The predicted molar refractivity (Wildman–Crippen MR) is 84.2 cm³/mol. The van der Waals surface area contributed by atoms with Crippen LogP contribution in [0.4, 0.5) is 0 Å². The predicted octanol–water partition coefficient (Wildman–Crippen LogP) is 3.94. The SMILES string of the molecule is CCNC(C#N)(CCSC(C)CC)c1ccccc1. The molecule has 1 aromatic carbocycles. The molecule has 1 N–H and O–H groups in total. The normalized spacial score (nSPS) is 15.5. The monoisotopic (exact) mass is 276 g/mol. The lowest BCUT2D eigenvalue weighted by Crippen LogP contribution is -2.41. The summed E-state index contributed by atoms with van der Waals surface area (Å²) in [5.41, 5.74) is 0.528. The van der Waals surface area contributed by atoms with E-state index in [9.17, 15) is 5.26 Å². The van der Waals surface area contributed by atoms with E-state index in [2.05, 4.69) is 32.2 Å². The lowest BCUT2D eigenvalue weighted by Gasteiger charge is -2.28. The molecule has 0 heterocycles. The summed E-state index contributed by atoms with van der Waals surface area (Å²) in [7, 11) is 0. The highest BCUT2D eigenvalue weighted by molar-refractivity contribution is 7.99. The molecule has 2 nitrogen and oxygen atoms in total. The number of nitrogens with zero attached hydrogens (tertiary/aromatic N) is 1. The summed E-state index contributed by atoms with van der Waals surface area (Å²) < 4.78 is 0. The minimum atomic E-state index is -0.545. The van der Waals surface area contributed by atoms with Crippen molar-refractivity contribution in [2.24, 2.45) is 0 Å². The number of thioether (sulfide) groups is 1. The van der Waals surface area contributed by atoms with Crippen molar-refractivity contribution in [1.82, 2.24) is 5.32 Å². The molecular weight excluding hydrogens is 252 g/mol. The van der Waals surface area contributed by atoms with Crippen LogP contribution in [0, 0.1) is 11.3 Å². The lowest BCUT2D eigenvalue weighted by molar-refractivity contribution is 0.428. The van der Waals surface area contributed by atoms with Crippen LogP contribution >= 0.6 is 11.8 Å². The van der Waals surface area contributed by atoms with E-state index in [1.54, 1.807) is 0 Å². The molecule has 0 saturated carbocycles. The maximum atomic E-state index is 9.66. The Hall–Kier alpha value is -0.980. The lowest BCUT2D eigenvalue weighted by atomic mass is 9.88. The van der Waals surface area contributed by atoms with Gasteiger partial charge in [0.1, 0.15) is 5.54 Å². The molecule has 0 spiro atoms. The van der Waals surface area contributed by atoms with Gasteiger partial charge in [-0.2, -0.15) is 17.0 Å². The van der Waals surface area contributed by atoms with Crippen molar-refractivity contribution >= 4 is 11.8 Å². The van der Waals surface area contributed by atoms with Crippen LogP contribution < -0.4 is 5.32 Å². The Kier molecular flexibility index (Phi) is 6.97. The van der Waals surface area contributed by atoms with Crippen molar-refractivity contribution in [3.63, 3.8) is 0 Å². The maximum Gasteiger partial charge on any atom is 0.133 e. The van der Waals surface area contributed by atoms with E-state index in [4.69, 9.17) is 0 Å². The number of rotatable bonds is 8. The fourth-order valence-electron chi connectivity index (χ4n) is 2.05. The van der Waals surface area contributed by atoms with E-state index >= 15 is 0 Å². The van der Waals surface area contributed by atoms with Gasteiger partial charge in [-0.15, -0.1) is 0 Å². The second-order valence-corrected chi connectivity index (χ2v) is 6.30. The van der Waals surface area contributed by atoms with E-state index in [1.807, 2.05) is 42.1 Å². The van der Waals surface area contributed by atoms with Gasteiger partial charge in [-0.1, -0.05) is 51.1 Å². The Labute approximate surface area is 121 Å². The van der Waals surface area contributed by atoms with Crippen LogP contribution in [0.15, 0.2) is 30.3 Å². The van der Waals surface area contributed by atoms with Crippen molar-refractivity contribution in [3.8, 4) is 6.07 Å². The molecule has 0 aliphatic carbocycles. The molecule has 19 heavy (non-hydrogen) atoms. The highest BCUT2D eigenvalue weighted by Crippen LogP contribution is 2.27. The van der Waals surface area contributed by atoms with Crippen LogP contribution in [0.2, 0.25) is 0 Å². The third-order valence-electron chi connectivity index (χ3n) is 3.39. The molecule has 2 unspecified atom stereocenters. The molecule has 1 aromatic rings. The molecule has 0 aromatic heterocycles. The first-order valence-electron chi connectivity index (χ1n) is 7.02. The first kappa shape index (κ1) is 16.1. The fraction of sp³-hybridized carbons (Fsp3) is 0.562. The minimum Gasteiger partial charge on any atom is -0.296 e. The first-order chi connectivity index (χ1) is 9.18. The van der Waals surface area contributed by atoms with E-state index in [-0.39, 0.29) is 0 Å². The quantitative estimate of drug-likeness (QED) is 0.781. The molecule has 2 atom stereocenters. The van der Waals surface area contributed by atoms with Crippen molar-refractivity contribution in [1.29, 1.82) is 5.26 Å². The summed E-state index contributed by atoms with van der Waals surface area (Å²) in [4.78, 5) is 0. The van der Waals surface area contributed by atoms with Gasteiger partial charge in [-0.05, 0) is 30.7 Å². The van der Waals surface area contributed by atoms with E-state index in [0.717, 1.165) is 24.3 Å². The third kappa shape index (κ3) is 4.56. The summed E-state index contributed by atoms with van der Waals surface area (Å²) in [5.74, 6) is 1.00. The van der Waals surface area contributed by atoms with Crippen LogP contribution in [0.3, 0.4) is 0 Å². The van der Waals surface area contributed by atoms with Gasteiger partial charge in [-0.3, -0.25) is 5.32 Å². The van der Waals surface area contributed by atoms with Crippen LogP contribution in [0.25, 0.3) is 0 Å². The van der Waals surface area contributed by atoms with Crippen LogP contribution in [-0.4, -0.2) is 17.5 Å². The molecule has 0 aliphatic heterocycles. The Morgan fingerprint density at radius 3 is 2.53 bits per heavy atom. The summed E-state index contributed by atoms with van der Waals surface area (Å²) in [6.07, 6.45) is 2.02. The van der Waals surface area contributed by atoms with Gasteiger partial charge in [0.15, 0.2) is 0 Å². The average Bonchev–Trinajstić information content (AvgIpc) is 2.47. The zero-order valence-electron chi connectivity index (χ0n) is 12.1. The zero-order chi connectivity index (χ0) is 14.1. The third-order valence-corrected chi connectivity index (χ3v) is 4.73. The smallest absolute Gasteiger partial charge is 0.133 e. The molecule has 0 amide bonds. The first-order valence-corrected chi connectivity index (χ1v) is 8.06. The molecular formula is C16H24N2S. The molecule has 3 heteroatoms. The number of benzene rings is 1. The Bertz CT molecular complexity index is 399. The molecule has 0 fully saturated rings. The second-order valence-electron chi connectivity index (χ2n) is 4.75. The Balaban J connectivity index is 2.79. The standard InChI is InChI=1S/C16H24N2S/c1-4-14(3)19-12-11-16(13-17,18-5-2)15-9-7-6-8-10-15/h6-10,14,18H,4-5,11-12H2,1-3H3. The summed E-state index contributed by atoms with van der Waals surface area (Å²) >= 11 is 1.95. The van der Waals surface area contributed by atoms with Gasteiger partial charge < -0.3 is 0 Å². The molecule has 0 saturated heterocycles. The zero-order valence-corrected chi connectivity index (χ0v) is 13.0. The maximum absolute atomic E-state index is 9.66. The highest BCUT2D eigenvalue weighted by atomic mass is 32.2. The highest BCUT2D eigenvalue weighted by Gasteiger charge is 2.30. The van der Waals surface area contributed by atoms with Gasteiger partial charge in [0, 0.05) is 5.25 Å². The average molecular weight is 276 g/mol. The summed E-state index contributed by atoms with van der Waals surface area (Å²) in [6, 6.07) is 12.6. The topological polar surface area (TPSA) is 35.8 Å². The summed E-state index contributed by atoms with van der Waals surface area (Å²) in [6.45, 7) is 7.30. The van der Waals surface area contributed by atoms with Crippen molar-refractivity contribution in [2.75, 3.05) is 12.3 Å². The van der Waals surface area contributed by atoms with Gasteiger partial charge >= 0.3 is 0 Å². The fourth-order valence-corrected chi connectivity index (χ4v) is 3.11. The van der Waals surface area contributed by atoms with Gasteiger partial charge in [0.05, 0.1) is 6.07 Å². The van der Waals surface area contributed by atoms with E-state index < -0.39 is 5.54 Å². The van der Waals surface area contributed by atoms with Crippen molar-refractivity contribution in [2.45, 2.75) is 44.4 Å². The number of hydrogen-bond acceptors (Lipinski definition) is 3. The van der Waals surface area contributed by atoms with E-state index in [0.29, 0.717) is 5.25 Å². The van der Waals surface area contributed by atoms with Crippen LogP contribution in [0.1, 0.15) is 39.2 Å². The van der Waals surface area contributed by atoms with Crippen molar-refractivity contribution in [3.05, 3.63) is 35.9 Å². The Morgan fingerprint density at radius 1 is 1.32 bits per heavy atom. The Morgan fingerprint density at radius 2 is 2.00 bits per heavy atom. The molecule has 0 aliphatic rings. The van der Waals surface area contributed by atoms with Gasteiger partial charge in [0.25, 0.3) is 0 Å². The van der Waals surface area contributed by atoms with Crippen LogP contribution in [-0.2, 0) is 5.54 Å². The molecule has 1 rings (SSSR count). The van der Waals surface area contributed by atoms with E-state index in [1.165, 1.54) is 6.42 Å².